The Labute approximate surface area is 118 Å². The van der Waals surface area contributed by atoms with E-state index in [2.05, 4.69) is 21.8 Å². The molecule has 2 heterocycles. The van der Waals surface area contributed by atoms with E-state index in [4.69, 9.17) is 0 Å². The highest BCUT2D eigenvalue weighted by Gasteiger charge is 2.31. The Bertz CT molecular complexity index is 597. The van der Waals surface area contributed by atoms with Gasteiger partial charge in [-0.3, -0.25) is 4.98 Å². The molecule has 1 fully saturated rings. The molecule has 0 radical (unpaired) electrons. The zero-order valence-electron chi connectivity index (χ0n) is 11.8. The average molecular weight is 271 g/mol. The lowest BCUT2D eigenvalue weighted by atomic mass is 9.97. The summed E-state index contributed by atoms with van der Waals surface area (Å²) in [5.74, 6) is 1.18. The molecule has 0 amide bonds. The summed E-state index contributed by atoms with van der Waals surface area (Å²) in [6.07, 6.45) is 4.64. The number of anilines is 1. The number of aryl methyl sites for hydroxylation is 1. The minimum absolute atomic E-state index is 0.179. The van der Waals surface area contributed by atoms with Crippen molar-refractivity contribution < 1.29 is 4.39 Å². The number of hydrogen-bond donors (Lipinski definition) is 0. The molecule has 1 aromatic carbocycles. The van der Waals surface area contributed by atoms with E-state index in [1.807, 2.05) is 25.3 Å². The molecule has 0 N–H and O–H groups in total. The summed E-state index contributed by atoms with van der Waals surface area (Å²) in [6, 6.07) is 7.27. The molecule has 0 saturated carbocycles. The normalized spacial score (nSPS) is 22.2. The van der Waals surface area contributed by atoms with Gasteiger partial charge in [-0.15, -0.1) is 0 Å². The summed E-state index contributed by atoms with van der Waals surface area (Å²) in [7, 11) is 0. The van der Waals surface area contributed by atoms with E-state index in [1.165, 1.54) is 17.7 Å². The largest absolute Gasteiger partial charge is 0.352 e. The molecule has 3 nitrogen and oxygen atoms in total. The van der Waals surface area contributed by atoms with Crippen molar-refractivity contribution in [3.05, 3.63) is 53.7 Å². The fourth-order valence-corrected chi connectivity index (χ4v) is 2.92. The molecule has 20 heavy (non-hydrogen) atoms. The molecule has 4 heteroatoms. The minimum atomic E-state index is -0.179. The van der Waals surface area contributed by atoms with Gasteiger partial charge in [0.2, 0.25) is 0 Å². The van der Waals surface area contributed by atoms with Gasteiger partial charge >= 0.3 is 0 Å². The lowest BCUT2D eigenvalue weighted by Crippen LogP contribution is -2.27. The molecule has 0 aliphatic carbocycles. The average Bonchev–Trinajstić information content (AvgIpc) is 2.82. The van der Waals surface area contributed by atoms with Gasteiger partial charge in [0.1, 0.15) is 11.6 Å². The van der Waals surface area contributed by atoms with Crippen LogP contribution in [0.1, 0.15) is 30.5 Å². The Balaban J connectivity index is 1.81. The summed E-state index contributed by atoms with van der Waals surface area (Å²) in [5.41, 5.74) is 2.13. The van der Waals surface area contributed by atoms with E-state index in [1.54, 1.807) is 6.20 Å². The molecular formula is C16H18FN3. The summed E-state index contributed by atoms with van der Waals surface area (Å²) in [6.45, 7) is 5.06. The molecule has 0 spiro atoms. The van der Waals surface area contributed by atoms with Gasteiger partial charge in [-0.25, -0.2) is 9.37 Å². The Morgan fingerprint density at radius 3 is 2.65 bits per heavy atom. The van der Waals surface area contributed by atoms with E-state index < -0.39 is 0 Å². The second-order valence-electron chi connectivity index (χ2n) is 5.50. The van der Waals surface area contributed by atoms with E-state index in [0.717, 1.165) is 24.5 Å². The summed E-state index contributed by atoms with van der Waals surface area (Å²) in [4.78, 5) is 11.1. The molecule has 1 saturated heterocycles. The van der Waals surface area contributed by atoms with Crippen molar-refractivity contribution in [2.24, 2.45) is 0 Å². The molecule has 3 rings (SSSR count). The zero-order chi connectivity index (χ0) is 14.1. The van der Waals surface area contributed by atoms with Crippen molar-refractivity contribution in [3.8, 4) is 0 Å². The van der Waals surface area contributed by atoms with Crippen LogP contribution in [0.4, 0.5) is 10.2 Å². The number of rotatable bonds is 2. The van der Waals surface area contributed by atoms with Crippen molar-refractivity contribution in [2.75, 3.05) is 11.4 Å². The van der Waals surface area contributed by atoms with Crippen molar-refractivity contribution in [3.63, 3.8) is 0 Å². The second-order valence-corrected chi connectivity index (χ2v) is 5.50. The van der Waals surface area contributed by atoms with Crippen molar-refractivity contribution in [2.45, 2.75) is 32.2 Å². The van der Waals surface area contributed by atoms with Crippen LogP contribution in [0.25, 0.3) is 0 Å². The quantitative estimate of drug-likeness (QED) is 0.839. The predicted molar refractivity (Wildman–Crippen MR) is 77.3 cm³/mol. The molecule has 2 atom stereocenters. The fraction of sp³-hybridized carbons (Fsp3) is 0.375. The number of halogens is 1. The van der Waals surface area contributed by atoms with Crippen molar-refractivity contribution >= 4 is 5.82 Å². The number of benzene rings is 1. The molecule has 1 aliphatic heterocycles. The molecule has 104 valence electrons. The smallest absolute Gasteiger partial charge is 0.147 e. The lowest BCUT2D eigenvalue weighted by Gasteiger charge is -2.22. The van der Waals surface area contributed by atoms with Gasteiger partial charge in [-0.05, 0) is 38.0 Å². The van der Waals surface area contributed by atoms with Gasteiger partial charge in [0.15, 0.2) is 0 Å². The Hall–Kier alpha value is -1.97. The van der Waals surface area contributed by atoms with Crippen LogP contribution in [0.5, 0.6) is 0 Å². The highest BCUT2D eigenvalue weighted by atomic mass is 19.1. The highest BCUT2D eigenvalue weighted by Crippen LogP contribution is 2.34. The van der Waals surface area contributed by atoms with Crippen LogP contribution in [0.2, 0.25) is 0 Å². The van der Waals surface area contributed by atoms with E-state index in [9.17, 15) is 4.39 Å². The molecule has 1 aromatic heterocycles. The molecular weight excluding hydrogens is 253 g/mol. The van der Waals surface area contributed by atoms with Gasteiger partial charge in [0.05, 0.1) is 11.9 Å². The predicted octanol–water partition coefficient (Wildman–Crippen LogP) is 3.31. The number of nitrogens with zero attached hydrogens (tertiary/aromatic N) is 3. The molecule has 2 aromatic rings. The summed E-state index contributed by atoms with van der Waals surface area (Å²) in [5, 5.41) is 0. The molecule has 0 bridgehead atoms. The second kappa shape index (κ2) is 5.19. The monoisotopic (exact) mass is 271 g/mol. The standard InChI is InChI=1S/C16H18FN3/c1-11-8-18-9-16(19-11)20-10-14(7-12(20)2)13-3-5-15(17)6-4-13/h3-6,8-9,12,14H,7,10H2,1-2H3. The zero-order valence-corrected chi connectivity index (χ0v) is 11.8. The maximum Gasteiger partial charge on any atom is 0.147 e. The Kier molecular flexibility index (Phi) is 3.38. The minimum Gasteiger partial charge on any atom is -0.352 e. The van der Waals surface area contributed by atoms with Gasteiger partial charge in [-0.1, -0.05) is 12.1 Å². The van der Waals surface area contributed by atoms with Crippen LogP contribution in [0.15, 0.2) is 36.7 Å². The third-order valence-corrected chi connectivity index (χ3v) is 3.95. The molecule has 1 aliphatic rings. The third kappa shape index (κ3) is 2.50. The topological polar surface area (TPSA) is 29.0 Å². The van der Waals surface area contributed by atoms with Gasteiger partial charge in [-0.2, -0.15) is 0 Å². The van der Waals surface area contributed by atoms with Gasteiger partial charge in [0.25, 0.3) is 0 Å². The summed E-state index contributed by atoms with van der Waals surface area (Å²) >= 11 is 0. The van der Waals surface area contributed by atoms with Crippen LogP contribution in [0, 0.1) is 12.7 Å². The SMILES string of the molecule is Cc1cncc(N2CC(c3ccc(F)cc3)CC2C)n1. The summed E-state index contributed by atoms with van der Waals surface area (Å²) < 4.78 is 13.0. The van der Waals surface area contributed by atoms with Crippen LogP contribution < -0.4 is 4.90 Å². The maximum absolute atomic E-state index is 13.0. The lowest BCUT2D eigenvalue weighted by molar-refractivity contribution is 0.625. The first-order valence-electron chi connectivity index (χ1n) is 6.94. The first kappa shape index (κ1) is 13.0. The third-order valence-electron chi connectivity index (χ3n) is 3.95. The van der Waals surface area contributed by atoms with Crippen LogP contribution in [-0.4, -0.2) is 22.6 Å². The van der Waals surface area contributed by atoms with Gasteiger partial charge in [0, 0.05) is 24.7 Å². The van der Waals surface area contributed by atoms with Crippen LogP contribution >= 0.6 is 0 Å². The van der Waals surface area contributed by atoms with E-state index >= 15 is 0 Å². The number of aromatic nitrogens is 2. The van der Waals surface area contributed by atoms with E-state index in [0.29, 0.717) is 12.0 Å². The Morgan fingerprint density at radius 1 is 1.20 bits per heavy atom. The highest BCUT2D eigenvalue weighted by molar-refractivity contribution is 5.41. The van der Waals surface area contributed by atoms with Gasteiger partial charge < -0.3 is 4.90 Å². The first-order chi connectivity index (χ1) is 9.63. The first-order valence-corrected chi connectivity index (χ1v) is 6.94. The number of hydrogen-bond acceptors (Lipinski definition) is 3. The maximum atomic E-state index is 13.0. The molecule has 2 unspecified atom stereocenters. The Morgan fingerprint density at radius 2 is 1.95 bits per heavy atom. The van der Waals surface area contributed by atoms with E-state index in [-0.39, 0.29) is 5.82 Å². The fourth-order valence-electron chi connectivity index (χ4n) is 2.92. The van der Waals surface area contributed by atoms with Crippen LogP contribution in [0.3, 0.4) is 0 Å². The van der Waals surface area contributed by atoms with Crippen molar-refractivity contribution in [1.82, 2.24) is 9.97 Å². The van der Waals surface area contributed by atoms with Crippen molar-refractivity contribution in [1.29, 1.82) is 0 Å². The van der Waals surface area contributed by atoms with Crippen LogP contribution in [-0.2, 0) is 0 Å².